The second-order valence-corrected chi connectivity index (χ2v) is 10.6. The second kappa shape index (κ2) is 10.5. The van der Waals surface area contributed by atoms with Crippen LogP contribution in [0.1, 0.15) is 48.3 Å². The van der Waals surface area contributed by atoms with Crippen LogP contribution in [-0.2, 0) is 12.8 Å². The predicted molar refractivity (Wildman–Crippen MR) is 190 cm³/mol. The normalized spacial score (nSPS) is 17.6. The Kier molecular flexibility index (Phi) is 3.07. The van der Waals surface area contributed by atoms with Crippen LogP contribution in [0.5, 0.6) is 0 Å². The van der Waals surface area contributed by atoms with Gasteiger partial charge in [0.1, 0.15) is 11.2 Å². The van der Waals surface area contributed by atoms with Gasteiger partial charge in [0.05, 0.1) is 26.0 Å². The monoisotopic (exact) mass is 593 g/mol. The molecule has 0 bridgehead atoms. The minimum Gasteiger partial charge on any atom is -0.456 e. The standard InChI is InChI=1S/C44H30O/c1-2-12-29(13-3-1)26-41-35-16-6-8-18-37(35)42(38-19-9-7-17-36(38)41)27-30-22-24-33(34-15-5-4-14-32(30)34)31-23-25-40-39-20-10-11-21-43(39)45-44(40)28-31/h1-25,28H,26-27H2/i1D,2D,3D,4D,5D,6D,7D,8D,9D,12D,13D,14D,15D,16D,17D,18D,19D,22D,24D. The fourth-order valence-electron chi connectivity index (χ4n) is 6.07. The third-order valence-electron chi connectivity index (χ3n) is 8.09. The highest BCUT2D eigenvalue weighted by atomic mass is 16.3. The van der Waals surface area contributed by atoms with E-state index in [1.54, 1.807) is 30.3 Å². The van der Waals surface area contributed by atoms with E-state index in [1.165, 1.54) is 0 Å². The van der Waals surface area contributed by atoms with Gasteiger partial charge in [0, 0.05) is 10.8 Å². The van der Waals surface area contributed by atoms with Gasteiger partial charge in [0.2, 0.25) is 0 Å². The van der Waals surface area contributed by atoms with E-state index in [1.807, 2.05) is 12.1 Å². The molecule has 9 aromatic rings. The predicted octanol–water partition coefficient (Wildman–Crippen LogP) is 11.9. The van der Waals surface area contributed by atoms with Gasteiger partial charge in [-0.25, -0.2) is 0 Å². The van der Waals surface area contributed by atoms with Crippen molar-refractivity contribution in [3.05, 3.63) is 180 Å². The first-order valence-electron chi connectivity index (χ1n) is 23.6. The van der Waals surface area contributed by atoms with Gasteiger partial charge < -0.3 is 4.42 Å². The van der Waals surface area contributed by atoms with Gasteiger partial charge in [-0.1, -0.05) is 139 Å². The molecular weight excluding hydrogens is 544 g/mol. The van der Waals surface area contributed by atoms with Crippen LogP contribution in [0.2, 0.25) is 0 Å². The first-order chi connectivity index (χ1) is 30.2. The summed E-state index contributed by atoms with van der Waals surface area (Å²) in [5, 5.41) is -0.00761. The third kappa shape index (κ3) is 4.31. The Balaban J connectivity index is 1.44. The molecule has 0 spiro atoms. The van der Waals surface area contributed by atoms with E-state index in [2.05, 4.69) is 0 Å². The van der Waals surface area contributed by atoms with Gasteiger partial charge in [-0.3, -0.25) is 0 Å². The number of hydrogen-bond donors (Lipinski definition) is 0. The fraction of sp³-hybridized carbons (Fsp3) is 0.0455. The first kappa shape index (κ1) is 13.1. The van der Waals surface area contributed by atoms with Crippen LogP contribution in [0.4, 0.5) is 0 Å². The van der Waals surface area contributed by atoms with Crippen molar-refractivity contribution >= 4 is 54.3 Å². The summed E-state index contributed by atoms with van der Waals surface area (Å²) in [6.07, 6.45) is -1.30. The van der Waals surface area contributed by atoms with Crippen LogP contribution >= 0.6 is 0 Å². The van der Waals surface area contributed by atoms with Gasteiger partial charge in [-0.2, -0.15) is 0 Å². The molecule has 0 amide bonds. The molecule has 0 saturated carbocycles. The highest BCUT2D eigenvalue weighted by Gasteiger charge is 2.17. The van der Waals surface area contributed by atoms with E-state index >= 15 is 0 Å². The molecule has 0 atom stereocenters. The van der Waals surface area contributed by atoms with Gasteiger partial charge in [-0.05, 0) is 96.7 Å². The summed E-state index contributed by atoms with van der Waals surface area (Å²) in [7, 11) is 0. The molecule has 212 valence electrons. The van der Waals surface area contributed by atoms with Crippen molar-refractivity contribution in [1.29, 1.82) is 0 Å². The minimum atomic E-state index is -0.747. The molecule has 0 fully saturated rings. The molecule has 0 N–H and O–H groups in total. The molecule has 0 aliphatic rings. The van der Waals surface area contributed by atoms with Crippen molar-refractivity contribution < 1.29 is 30.5 Å². The molecule has 0 aliphatic heterocycles. The molecule has 9 rings (SSSR count). The summed E-state index contributed by atoms with van der Waals surface area (Å²) >= 11 is 0. The van der Waals surface area contributed by atoms with Gasteiger partial charge in [-0.15, -0.1) is 0 Å². The van der Waals surface area contributed by atoms with Crippen molar-refractivity contribution in [2.45, 2.75) is 12.8 Å². The topological polar surface area (TPSA) is 13.1 Å². The zero-order valence-electron chi connectivity index (χ0n) is 42.4. The number of benzene rings is 8. The third-order valence-corrected chi connectivity index (χ3v) is 8.09. The van der Waals surface area contributed by atoms with Crippen molar-refractivity contribution in [2.75, 3.05) is 0 Å². The van der Waals surface area contributed by atoms with Crippen molar-refractivity contribution in [3.8, 4) is 11.1 Å². The number of fused-ring (bicyclic) bond motifs is 6. The Morgan fingerprint density at radius 3 is 1.73 bits per heavy atom. The maximum absolute atomic E-state index is 9.56. The van der Waals surface area contributed by atoms with E-state index in [4.69, 9.17) is 19.5 Å². The lowest BCUT2D eigenvalue weighted by atomic mass is 9.85. The summed E-state index contributed by atoms with van der Waals surface area (Å²) in [5.74, 6) is 0. The Labute approximate surface area is 288 Å². The molecule has 1 heterocycles. The number of furan rings is 1. The van der Waals surface area contributed by atoms with Gasteiger partial charge >= 0.3 is 0 Å². The summed E-state index contributed by atoms with van der Waals surface area (Å²) in [6, 6.07) is -0.212. The van der Waals surface area contributed by atoms with Crippen LogP contribution in [-0.4, -0.2) is 0 Å². The van der Waals surface area contributed by atoms with Gasteiger partial charge in [0.15, 0.2) is 0 Å². The highest BCUT2D eigenvalue weighted by molar-refractivity contribution is 6.09. The number of hydrogen-bond acceptors (Lipinski definition) is 1. The Morgan fingerprint density at radius 1 is 0.444 bits per heavy atom. The lowest BCUT2D eigenvalue weighted by Crippen LogP contribution is -1.99. The molecule has 0 unspecified atom stereocenters. The molecular formula is C44H30O. The average Bonchev–Trinajstić information content (AvgIpc) is 3.66. The molecule has 1 aromatic heterocycles. The second-order valence-electron chi connectivity index (χ2n) is 10.6. The van der Waals surface area contributed by atoms with E-state index in [0.717, 1.165) is 10.8 Å². The first-order valence-corrected chi connectivity index (χ1v) is 14.1. The van der Waals surface area contributed by atoms with Crippen LogP contribution in [0.3, 0.4) is 0 Å². The summed E-state index contributed by atoms with van der Waals surface area (Å²) < 4.78 is 175. The molecule has 1 heteroatoms. The summed E-state index contributed by atoms with van der Waals surface area (Å²) in [4.78, 5) is 0. The van der Waals surface area contributed by atoms with E-state index < -0.39 is 128 Å². The summed E-state index contributed by atoms with van der Waals surface area (Å²) in [5.41, 5.74) is 0.363. The molecule has 0 radical (unpaired) electrons. The van der Waals surface area contributed by atoms with Crippen LogP contribution < -0.4 is 0 Å². The van der Waals surface area contributed by atoms with E-state index in [-0.39, 0.29) is 60.1 Å². The smallest absolute Gasteiger partial charge is 0.136 e. The van der Waals surface area contributed by atoms with Crippen molar-refractivity contribution in [2.24, 2.45) is 0 Å². The van der Waals surface area contributed by atoms with Crippen LogP contribution in [0, 0.1) is 0 Å². The minimum absolute atomic E-state index is 0.0226. The Morgan fingerprint density at radius 2 is 1.02 bits per heavy atom. The quantitative estimate of drug-likeness (QED) is 0.181. The molecule has 1 nitrogen and oxygen atoms in total. The van der Waals surface area contributed by atoms with Gasteiger partial charge in [0.25, 0.3) is 0 Å². The SMILES string of the molecule is [2H]c1c([2H])c([2H])c(Cc2c3c([2H])c([2H])c([2H])c([2H])c3c(Cc3c([2H])c([2H])c(-c4ccc5c(c4)oc4ccccc45)c4c([2H])c([2H])c([2H])c([2H])c34)c3c([2H])c([2H])c([2H])c([2H])c23)c([2H])c1[2H]. The maximum Gasteiger partial charge on any atom is 0.136 e. The van der Waals surface area contributed by atoms with Crippen molar-refractivity contribution in [3.63, 3.8) is 0 Å². The Hall–Kier alpha value is -5.66. The molecule has 45 heavy (non-hydrogen) atoms. The number of rotatable bonds is 5. The molecule has 8 aromatic carbocycles. The molecule has 0 aliphatic carbocycles. The van der Waals surface area contributed by atoms with Crippen LogP contribution in [0.15, 0.2) is 162 Å². The van der Waals surface area contributed by atoms with Crippen molar-refractivity contribution in [1.82, 2.24) is 0 Å². The van der Waals surface area contributed by atoms with E-state index in [9.17, 15) is 11.0 Å². The Bertz CT molecular complexity index is 3500. The lowest BCUT2D eigenvalue weighted by molar-refractivity contribution is 0.669. The van der Waals surface area contributed by atoms with Crippen LogP contribution in [0.25, 0.3) is 65.4 Å². The largest absolute Gasteiger partial charge is 0.456 e. The average molecular weight is 594 g/mol. The number of para-hydroxylation sites is 1. The summed E-state index contributed by atoms with van der Waals surface area (Å²) in [6.45, 7) is 0. The highest BCUT2D eigenvalue weighted by Crippen LogP contribution is 2.39. The fourth-order valence-corrected chi connectivity index (χ4v) is 6.07. The molecule has 0 saturated heterocycles. The zero-order chi connectivity index (χ0) is 46.3. The maximum atomic E-state index is 9.56. The lowest BCUT2D eigenvalue weighted by Gasteiger charge is -2.18. The zero-order valence-corrected chi connectivity index (χ0v) is 23.4. The van der Waals surface area contributed by atoms with E-state index in [0.29, 0.717) is 16.7 Å².